The Morgan fingerprint density at radius 3 is 2.67 bits per heavy atom. The molecule has 5 nitrogen and oxygen atoms in total. The predicted molar refractivity (Wildman–Crippen MR) is 82.7 cm³/mol. The summed E-state index contributed by atoms with van der Waals surface area (Å²) in [5.41, 5.74) is 1.55. The standard InChI is InChI=1S/C15H22N2O3S/c1-12-5-4-6-13(11-12)15(18)16-9-10-21(19,20)17-14-7-2-3-8-14/h4-6,11,14,17H,2-3,7-10H2,1H3,(H,16,18). The fourth-order valence-electron chi connectivity index (χ4n) is 2.54. The Morgan fingerprint density at radius 2 is 2.00 bits per heavy atom. The first-order valence-electron chi connectivity index (χ1n) is 7.31. The molecular weight excluding hydrogens is 288 g/mol. The molecule has 116 valence electrons. The highest BCUT2D eigenvalue weighted by Crippen LogP contribution is 2.18. The molecule has 1 amide bonds. The molecule has 2 N–H and O–H groups in total. The zero-order valence-corrected chi connectivity index (χ0v) is 13.1. The number of aryl methyl sites for hydroxylation is 1. The number of hydrogen-bond acceptors (Lipinski definition) is 3. The summed E-state index contributed by atoms with van der Waals surface area (Å²) in [6.45, 7) is 2.03. The van der Waals surface area contributed by atoms with Gasteiger partial charge in [0.1, 0.15) is 0 Å². The molecule has 1 aromatic carbocycles. The van der Waals surface area contributed by atoms with Gasteiger partial charge in [-0.3, -0.25) is 4.79 Å². The van der Waals surface area contributed by atoms with Crippen LogP contribution in [0.5, 0.6) is 0 Å². The third-order valence-electron chi connectivity index (χ3n) is 3.64. The lowest BCUT2D eigenvalue weighted by atomic mass is 10.1. The molecule has 6 heteroatoms. The number of rotatable bonds is 6. The van der Waals surface area contributed by atoms with E-state index in [4.69, 9.17) is 0 Å². The van der Waals surface area contributed by atoms with E-state index in [-0.39, 0.29) is 24.2 Å². The van der Waals surface area contributed by atoms with Crippen molar-refractivity contribution < 1.29 is 13.2 Å². The Balaban J connectivity index is 1.79. The summed E-state index contributed by atoms with van der Waals surface area (Å²) in [5.74, 6) is -0.323. The molecule has 1 aromatic rings. The number of carbonyl (C=O) groups is 1. The van der Waals surface area contributed by atoms with E-state index in [2.05, 4.69) is 10.0 Å². The molecule has 0 saturated heterocycles. The van der Waals surface area contributed by atoms with Crippen molar-refractivity contribution in [3.8, 4) is 0 Å². The predicted octanol–water partition coefficient (Wildman–Crippen LogP) is 1.59. The third-order valence-corrected chi connectivity index (χ3v) is 5.07. The van der Waals surface area contributed by atoms with E-state index in [9.17, 15) is 13.2 Å². The summed E-state index contributed by atoms with van der Waals surface area (Å²) in [6, 6.07) is 7.28. The highest BCUT2D eigenvalue weighted by Gasteiger charge is 2.21. The highest BCUT2D eigenvalue weighted by atomic mass is 32.2. The quantitative estimate of drug-likeness (QED) is 0.838. The SMILES string of the molecule is Cc1cccc(C(=O)NCCS(=O)(=O)NC2CCCC2)c1. The van der Waals surface area contributed by atoms with E-state index >= 15 is 0 Å². The van der Waals surface area contributed by atoms with Gasteiger partial charge in [0.25, 0.3) is 5.91 Å². The van der Waals surface area contributed by atoms with Crippen LogP contribution in [-0.2, 0) is 10.0 Å². The van der Waals surface area contributed by atoms with Crippen molar-refractivity contribution in [1.82, 2.24) is 10.0 Å². The fraction of sp³-hybridized carbons (Fsp3) is 0.533. The van der Waals surface area contributed by atoms with E-state index in [0.717, 1.165) is 31.2 Å². The molecule has 1 saturated carbocycles. The van der Waals surface area contributed by atoms with E-state index in [1.807, 2.05) is 19.1 Å². The topological polar surface area (TPSA) is 75.3 Å². The van der Waals surface area contributed by atoms with Crippen LogP contribution in [0.25, 0.3) is 0 Å². The first kappa shape index (κ1) is 16.0. The molecule has 0 radical (unpaired) electrons. The van der Waals surface area contributed by atoms with Crippen LogP contribution in [-0.4, -0.2) is 32.7 Å². The lowest BCUT2D eigenvalue weighted by molar-refractivity contribution is 0.0956. The number of hydrogen-bond donors (Lipinski definition) is 2. The summed E-state index contributed by atoms with van der Waals surface area (Å²) >= 11 is 0. The Bertz CT molecular complexity index is 593. The molecule has 0 heterocycles. The summed E-state index contributed by atoms with van der Waals surface area (Å²) < 4.78 is 26.5. The van der Waals surface area contributed by atoms with E-state index < -0.39 is 10.0 Å². The van der Waals surface area contributed by atoms with Gasteiger partial charge >= 0.3 is 0 Å². The zero-order chi connectivity index (χ0) is 15.3. The van der Waals surface area contributed by atoms with Crippen molar-refractivity contribution in [2.45, 2.75) is 38.6 Å². The minimum atomic E-state index is -3.32. The second-order valence-electron chi connectivity index (χ2n) is 5.54. The molecule has 1 aliphatic rings. The van der Waals surface area contributed by atoms with Gasteiger partial charge in [-0.15, -0.1) is 0 Å². The van der Waals surface area contributed by atoms with Crippen LogP contribution < -0.4 is 10.0 Å². The van der Waals surface area contributed by atoms with Gasteiger partial charge in [-0.2, -0.15) is 0 Å². The van der Waals surface area contributed by atoms with Crippen LogP contribution in [0.4, 0.5) is 0 Å². The maximum absolute atomic E-state index is 11.9. The fourth-order valence-corrected chi connectivity index (χ4v) is 3.78. The lowest BCUT2D eigenvalue weighted by Crippen LogP contribution is -2.38. The molecule has 21 heavy (non-hydrogen) atoms. The van der Waals surface area contributed by atoms with Gasteiger partial charge in [-0.05, 0) is 31.9 Å². The van der Waals surface area contributed by atoms with E-state index in [1.165, 1.54) is 0 Å². The maximum atomic E-state index is 11.9. The molecule has 0 bridgehead atoms. The molecule has 1 aliphatic carbocycles. The number of benzene rings is 1. The Hall–Kier alpha value is -1.40. The van der Waals surface area contributed by atoms with Gasteiger partial charge in [-0.25, -0.2) is 13.1 Å². The van der Waals surface area contributed by atoms with Crippen molar-refractivity contribution in [2.24, 2.45) is 0 Å². The monoisotopic (exact) mass is 310 g/mol. The third kappa shape index (κ3) is 5.13. The number of sulfonamides is 1. The van der Waals surface area contributed by atoms with Gasteiger partial charge in [0.15, 0.2) is 0 Å². The normalized spacial score (nSPS) is 16.0. The summed E-state index contributed by atoms with van der Waals surface area (Å²) in [5, 5.41) is 2.65. The molecular formula is C15H22N2O3S. The van der Waals surface area contributed by atoms with Crippen LogP contribution in [0.2, 0.25) is 0 Å². The van der Waals surface area contributed by atoms with Crippen molar-refractivity contribution in [1.29, 1.82) is 0 Å². The second kappa shape index (κ2) is 7.04. The van der Waals surface area contributed by atoms with Gasteiger partial charge in [-0.1, -0.05) is 30.5 Å². The van der Waals surface area contributed by atoms with Crippen molar-refractivity contribution in [3.63, 3.8) is 0 Å². The summed E-state index contributed by atoms with van der Waals surface area (Å²) in [4.78, 5) is 11.9. The lowest BCUT2D eigenvalue weighted by Gasteiger charge is -2.12. The van der Waals surface area contributed by atoms with Crippen LogP contribution >= 0.6 is 0 Å². The average molecular weight is 310 g/mol. The van der Waals surface area contributed by atoms with Gasteiger partial charge < -0.3 is 5.32 Å². The van der Waals surface area contributed by atoms with E-state index in [1.54, 1.807) is 12.1 Å². The first-order chi connectivity index (χ1) is 9.96. The summed E-state index contributed by atoms with van der Waals surface area (Å²) in [6.07, 6.45) is 3.98. The molecule has 1 fully saturated rings. The second-order valence-corrected chi connectivity index (χ2v) is 7.42. The molecule has 2 rings (SSSR count). The summed E-state index contributed by atoms with van der Waals surface area (Å²) in [7, 11) is -3.32. The average Bonchev–Trinajstić information content (AvgIpc) is 2.90. The van der Waals surface area contributed by atoms with Crippen molar-refractivity contribution in [3.05, 3.63) is 35.4 Å². The highest BCUT2D eigenvalue weighted by molar-refractivity contribution is 7.89. The molecule has 0 unspecified atom stereocenters. The van der Waals surface area contributed by atoms with E-state index in [0.29, 0.717) is 5.56 Å². The molecule has 0 spiro atoms. The number of amides is 1. The maximum Gasteiger partial charge on any atom is 0.251 e. The smallest absolute Gasteiger partial charge is 0.251 e. The Kier molecular flexibility index (Phi) is 5.36. The van der Waals surface area contributed by atoms with Crippen molar-refractivity contribution in [2.75, 3.05) is 12.3 Å². The van der Waals surface area contributed by atoms with Crippen LogP contribution in [0.3, 0.4) is 0 Å². The first-order valence-corrected chi connectivity index (χ1v) is 8.96. The Labute approximate surface area is 126 Å². The van der Waals surface area contributed by atoms with Crippen LogP contribution in [0, 0.1) is 6.92 Å². The van der Waals surface area contributed by atoms with Gasteiger partial charge in [0, 0.05) is 18.2 Å². The number of carbonyl (C=O) groups excluding carboxylic acids is 1. The molecule has 0 aliphatic heterocycles. The number of nitrogens with one attached hydrogen (secondary N) is 2. The van der Waals surface area contributed by atoms with Gasteiger partial charge in [0.2, 0.25) is 10.0 Å². The van der Waals surface area contributed by atoms with Gasteiger partial charge in [0.05, 0.1) is 5.75 Å². The largest absolute Gasteiger partial charge is 0.351 e. The Morgan fingerprint density at radius 1 is 1.29 bits per heavy atom. The van der Waals surface area contributed by atoms with Crippen LogP contribution in [0.1, 0.15) is 41.6 Å². The zero-order valence-electron chi connectivity index (χ0n) is 12.3. The van der Waals surface area contributed by atoms with Crippen LogP contribution in [0.15, 0.2) is 24.3 Å². The minimum absolute atomic E-state index is 0.0717. The van der Waals surface area contributed by atoms with Crippen molar-refractivity contribution >= 4 is 15.9 Å². The minimum Gasteiger partial charge on any atom is -0.351 e. The molecule has 0 aromatic heterocycles. The molecule has 0 atom stereocenters.